The van der Waals surface area contributed by atoms with Crippen molar-refractivity contribution < 1.29 is 18.7 Å². The summed E-state index contributed by atoms with van der Waals surface area (Å²) in [6.45, 7) is 4.00. The highest BCUT2D eigenvalue weighted by Gasteiger charge is 2.14. The van der Waals surface area contributed by atoms with Gasteiger partial charge in [-0.2, -0.15) is 4.98 Å². The zero-order valence-corrected chi connectivity index (χ0v) is 13.3. The number of ether oxygens (including phenoxy) is 1. The van der Waals surface area contributed by atoms with E-state index in [4.69, 9.17) is 9.15 Å². The lowest BCUT2D eigenvalue weighted by molar-refractivity contribution is -0.116. The van der Waals surface area contributed by atoms with Crippen molar-refractivity contribution in [1.29, 1.82) is 0 Å². The van der Waals surface area contributed by atoms with Crippen LogP contribution in [0.5, 0.6) is 0 Å². The third-order valence-corrected chi connectivity index (χ3v) is 3.22. The number of carbonyl (C=O) groups is 2. The number of esters is 1. The van der Waals surface area contributed by atoms with Crippen LogP contribution in [0.2, 0.25) is 0 Å². The van der Waals surface area contributed by atoms with Gasteiger partial charge >= 0.3 is 12.0 Å². The van der Waals surface area contributed by atoms with Gasteiger partial charge in [0.1, 0.15) is 6.26 Å². The van der Waals surface area contributed by atoms with Crippen LogP contribution in [0.1, 0.15) is 41.4 Å². The number of nitrogens with zero attached hydrogens (tertiary/aromatic N) is 1. The van der Waals surface area contributed by atoms with Crippen molar-refractivity contribution in [3.05, 3.63) is 47.3 Å². The van der Waals surface area contributed by atoms with Crippen LogP contribution in [0.15, 0.2) is 34.9 Å². The molecular formula is C17H20N2O4. The normalized spacial score (nSPS) is 10.3. The number of rotatable bonds is 7. The molecule has 0 saturated heterocycles. The van der Waals surface area contributed by atoms with Crippen LogP contribution in [0, 0.1) is 6.92 Å². The summed E-state index contributed by atoms with van der Waals surface area (Å²) in [7, 11) is 0. The number of nitrogens with one attached hydrogen (secondary N) is 1. The summed E-state index contributed by atoms with van der Waals surface area (Å²) in [4.78, 5) is 27.1. The van der Waals surface area contributed by atoms with Crippen LogP contribution < -0.4 is 5.32 Å². The summed E-state index contributed by atoms with van der Waals surface area (Å²) >= 11 is 0. The number of amides is 1. The predicted molar refractivity (Wildman–Crippen MR) is 85.2 cm³/mol. The van der Waals surface area contributed by atoms with Crippen molar-refractivity contribution >= 4 is 17.9 Å². The van der Waals surface area contributed by atoms with Crippen molar-refractivity contribution in [3.8, 4) is 0 Å². The summed E-state index contributed by atoms with van der Waals surface area (Å²) in [5, 5.41) is 2.53. The fourth-order valence-corrected chi connectivity index (χ4v) is 2.02. The third-order valence-electron chi connectivity index (χ3n) is 3.22. The average molecular weight is 316 g/mol. The van der Waals surface area contributed by atoms with E-state index in [1.165, 1.54) is 17.4 Å². The van der Waals surface area contributed by atoms with Crippen LogP contribution in [0.4, 0.5) is 6.01 Å². The van der Waals surface area contributed by atoms with Gasteiger partial charge in [-0.25, -0.2) is 4.79 Å². The van der Waals surface area contributed by atoms with Crippen LogP contribution in [0.3, 0.4) is 0 Å². The zero-order valence-electron chi connectivity index (χ0n) is 13.3. The van der Waals surface area contributed by atoms with Gasteiger partial charge < -0.3 is 9.15 Å². The molecule has 0 unspecified atom stereocenters. The Labute approximate surface area is 134 Å². The molecule has 0 saturated carbocycles. The Morgan fingerprint density at radius 3 is 2.70 bits per heavy atom. The van der Waals surface area contributed by atoms with E-state index in [0.29, 0.717) is 6.42 Å². The molecule has 6 heteroatoms. The molecule has 1 amide bonds. The highest BCUT2D eigenvalue weighted by atomic mass is 16.5. The molecule has 0 bridgehead atoms. The first-order valence-electron chi connectivity index (χ1n) is 7.56. The molecule has 2 rings (SSSR count). The van der Waals surface area contributed by atoms with E-state index >= 15 is 0 Å². The topological polar surface area (TPSA) is 81.4 Å². The number of anilines is 1. The second kappa shape index (κ2) is 8.12. The number of oxazole rings is 1. The van der Waals surface area contributed by atoms with Crippen molar-refractivity contribution in [3.63, 3.8) is 0 Å². The minimum Gasteiger partial charge on any atom is -0.461 e. The highest BCUT2D eigenvalue weighted by Crippen LogP contribution is 2.11. The molecule has 0 aliphatic carbocycles. The Balaban J connectivity index is 1.76. The second-order valence-electron chi connectivity index (χ2n) is 5.15. The molecule has 1 N–H and O–H groups in total. The van der Waals surface area contributed by atoms with Gasteiger partial charge in [0.25, 0.3) is 0 Å². The van der Waals surface area contributed by atoms with Crippen molar-refractivity contribution in [2.24, 2.45) is 0 Å². The first-order chi connectivity index (χ1) is 11.1. The van der Waals surface area contributed by atoms with Crippen LogP contribution >= 0.6 is 0 Å². The van der Waals surface area contributed by atoms with E-state index in [1.807, 2.05) is 6.92 Å². The van der Waals surface area contributed by atoms with Gasteiger partial charge in [0.15, 0.2) is 5.69 Å². The standard InChI is InChI=1S/C17H20N2O4/c1-3-22-16(21)14-11-23-17(18-14)19-15(20)6-4-5-13-9-7-12(2)8-10-13/h7-11H,3-6H2,1-2H3,(H,18,19,20). The van der Waals surface area contributed by atoms with Crippen molar-refractivity contribution in [2.75, 3.05) is 11.9 Å². The maximum absolute atomic E-state index is 11.8. The van der Waals surface area contributed by atoms with E-state index < -0.39 is 5.97 Å². The molecule has 6 nitrogen and oxygen atoms in total. The Hall–Kier alpha value is -2.63. The lowest BCUT2D eigenvalue weighted by Crippen LogP contribution is -2.12. The molecular weight excluding hydrogens is 296 g/mol. The van der Waals surface area contributed by atoms with Gasteiger partial charge in [-0.15, -0.1) is 0 Å². The quantitative estimate of drug-likeness (QED) is 0.794. The maximum Gasteiger partial charge on any atom is 0.360 e. The monoisotopic (exact) mass is 316 g/mol. The van der Waals surface area contributed by atoms with Gasteiger partial charge in [-0.1, -0.05) is 29.8 Å². The largest absolute Gasteiger partial charge is 0.461 e. The number of hydrogen-bond donors (Lipinski definition) is 1. The summed E-state index contributed by atoms with van der Waals surface area (Å²) < 4.78 is 9.83. The van der Waals surface area contributed by atoms with Crippen molar-refractivity contribution in [2.45, 2.75) is 33.1 Å². The molecule has 1 heterocycles. The fraction of sp³-hybridized carbons (Fsp3) is 0.353. The molecule has 122 valence electrons. The van der Waals surface area contributed by atoms with Gasteiger partial charge in [0.2, 0.25) is 5.91 Å². The molecule has 23 heavy (non-hydrogen) atoms. The van der Waals surface area contributed by atoms with Gasteiger partial charge in [-0.3, -0.25) is 10.1 Å². The predicted octanol–water partition coefficient (Wildman–Crippen LogP) is 3.12. The zero-order chi connectivity index (χ0) is 16.7. The molecule has 1 aromatic heterocycles. The fourth-order valence-electron chi connectivity index (χ4n) is 2.02. The second-order valence-corrected chi connectivity index (χ2v) is 5.15. The maximum atomic E-state index is 11.8. The average Bonchev–Trinajstić information content (AvgIpc) is 2.98. The molecule has 0 atom stereocenters. The Morgan fingerprint density at radius 2 is 2.00 bits per heavy atom. The number of carbonyl (C=O) groups excluding carboxylic acids is 2. The van der Waals surface area contributed by atoms with Gasteiger partial charge in [0.05, 0.1) is 6.61 Å². The van der Waals surface area contributed by atoms with E-state index in [0.717, 1.165) is 12.8 Å². The highest BCUT2D eigenvalue weighted by molar-refractivity contribution is 5.90. The summed E-state index contributed by atoms with van der Waals surface area (Å²) in [6, 6.07) is 8.24. The number of benzene rings is 1. The smallest absolute Gasteiger partial charge is 0.360 e. The molecule has 0 aliphatic heterocycles. The summed E-state index contributed by atoms with van der Waals surface area (Å²) in [6.07, 6.45) is 3.07. The number of aromatic nitrogens is 1. The van der Waals surface area contributed by atoms with E-state index in [9.17, 15) is 9.59 Å². The van der Waals surface area contributed by atoms with E-state index in [-0.39, 0.29) is 24.2 Å². The molecule has 0 aliphatic rings. The van der Waals surface area contributed by atoms with Crippen LogP contribution in [-0.4, -0.2) is 23.5 Å². The first-order valence-corrected chi connectivity index (χ1v) is 7.56. The molecule has 1 aromatic carbocycles. The summed E-state index contributed by atoms with van der Waals surface area (Å²) in [5.74, 6) is -0.773. The van der Waals surface area contributed by atoms with E-state index in [2.05, 4.69) is 34.6 Å². The number of hydrogen-bond acceptors (Lipinski definition) is 5. The third kappa shape index (κ3) is 5.25. The SMILES string of the molecule is CCOC(=O)c1coc(NC(=O)CCCc2ccc(C)cc2)n1. The molecule has 0 spiro atoms. The van der Waals surface area contributed by atoms with Gasteiger partial charge in [-0.05, 0) is 32.3 Å². The van der Waals surface area contributed by atoms with Gasteiger partial charge in [0, 0.05) is 6.42 Å². The first kappa shape index (κ1) is 16.7. The van der Waals surface area contributed by atoms with Crippen LogP contribution in [0.25, 0.3) is 0 Å². The Bertz CT molecular complexity index is 661. The molecule has 2 aromatic rings. The minimum atomic E-state index is -0.573. The molecule has 0 radical (unpaired) electrons. The van der Waals surface area contributed by atoms with Crippen LogP contribution in [-0.2, 0) is 16.0 Å². The van der Waals surface area contributed by atoms with E-state index in [1.54, 1.807) is 6.92 Å². The number of aryl methyl sites for hydroxylation is 2. The molecule has 0 fully saturated rings. The minimum absolute atomic E-state index is 0.00777. The van der Waals surface area contributed by atoms with Crippen molar-refractivity contribution in [1.82, 2.24) is 4.98 Å². The Morgan fingerprint density at radius 1 is 1.26 bits per heavy atom. The summed E-state index contributed by atoms with van der Waals surface area (Å²) in [5.41, 5.74) is 2.46. The Kier molecular flexibility index (Phi) is 5.91. The lowest BCUT2D eigenvalue weighted by Gasteiger charge is -2.02. The lowest BCUT2D eigenvalue weighted by atomic mass is 10.1.